The Balaban J connectivity index is 1.56. The van der Waals surface area contributed by atoms with Crippen LogP contribution in [0, 0.1) is 0 Å². The standard InChI is InChI=1S/C21H19N7O3/c1-2-27-18-17(20(30)26-21(27)31)15(9-16(25-18)12-3-4-12)19(29)24-13-5-7-14(8-6-13)28-11-22-10-23-28/h5-12H,2-4H2,1H3,(H,24,29)(H,26,30,31). The van der Waals surface area contributed by atoms with Crippen molar-refractivity contribution in [2.45, 2.75) is 32.2 Å². The predicted octanol–water partition coefficient (Wildman–Crippen LogP) is 1.82. The van der Waals surface area contributed by atoms with Crippen LogP contribution in [0.25, 0.3) is 16.7 Å². The van der Waals surface area contributed by atoms with Crippen LogP contribution in [0.5, 0.6) is 0 Å². The topological polar surface area (TPSA) is 128 Å². The van der Waals surface area contributed by atoms with Gasteiger partial charge in [0.15, 0.2) is 5.65 Å². The van der Waals surface area contributed by atoms with Gasteiger partial charge in [0.2, 0.25) is 0 Å². The molecule has 3 heterocycles. The number of carbonyl (C=O) groups excluding carboxylic acids is 1. The van der Waals surface area contributed by atoms with Gasteiger partial charge in [-0.05, 0) is 50.1 Å². The highest BCUT2D eigenvalue weighted by Gasteiger charge is 2.28. The van der Waals surface area contributed by atoms with E-state index in [9.17, 15) is 14.4 Å². The SMILES string of the molecule is CCn1c(=O)[nH]c(=O)c2c(C(=O)Nc3ccc(-n4cncn4)cc3)cc(C3CC3)nc21. The molecule has 1 saturated carbocycles. The number of aryl methyl sites for hydroxylation is 1. The minimum absolute atomic E-state index is 0.114. The van der Waals surface area contributed by atoms with Gasteiger partial charge in [-0.2, -0.15) is 5.10 Å². The first-order valence-corrected chi connectivity index (χ1v) is 9.99. The molecule has 156 valence electrons. The maximum Gasteiger partial charge on any atom is 0.329 e. The molecule has 4 aromatic rings. The zero-order valence-electron chi connectivity index (χ0n) is 16.7. The van der Waals surface area contributed by atoms with Gasteiger partial charge < -0.3 is 5.32 Å². The Morgan fingerprint density at radius 3 is 2.65 bits per heavy atom. The average molecular weight is 417 g/mol. The van der Waals surface area contributed by atoms with Gasteiger partial charge in [-0.3, -0.25) is 19.1 Å². The Labute approximate surface area is 175 Å². The van der Waals surface area contributed by atoms with E-state index in [-0.39, 0.29) is 22.5 Å². The third-order valence-electron chi connectivity index (χ3n) is 5.33. The molecule has 1 fully saturated rings. The first-order valence-electron chi connectivity index (χ1n) is 9.99. The fourth-order valence-corrected chi connectivity index (χ4v) is 3.59. The second kappa shape index (κ2) is 7.31. The number of nitrogens with one attached hydrogen (secondary N) is 2. The number of H-pyrrole nitrogens is 1. The third-order valence-corrected chi connectivity index (χ3v) is 5.33. The van der Waals surface area contributed by atoms with Gasteiger partial charge in [0, 0.05) is 23.8 Å². The van der Waals surface area contributed by atoms with Crippen LogP contribution in [-0.4, -0.2) is 35.2 Å². The van der Waals surface area contributed by atoms with E-state index in [1.54, 1.807) is 48.3 Å². The van der Waals surface area contributed by atoms with Crippen molar-refractivity contribution in [1.82, 2.24) is 29.3 Å². The Morgan fingerprint density at radius 2 is 2.00 bits per heavy atom. The number of pyridine rings is 1. The molecule has 10 heteroatoms. The molecular formula is C21H19N7O3. The zero-order chi connectivity index (χ0) is 21.5. The van der Waals surface area contributed by atoms with Gasteiger partial charge in [-0.15, -0.1) is 0 Å². The summed E-state index contributed by atoms with van der Waals surface area (Å²) in [7, 11) is 0. The summed E-state index contributed by atoms with van der Waals surface area (Å²) in [5, 5.41) is 7.02. The molecule has 0 unspecified atom stereocenters. The normalized spacial score (nSPS) is 13.5. The molecule has 1 aliphatic carbocycles. The van der Waals surface area contributed by atoms with Crippen molar-refractivity contribution in [3.05, 3.63) is 75.1 Å². The van der Waals surface area contributed by atoms with Crippen LogP contribution in [0.2, 0.25) is 0 Å². The molecule has 0 atom stereocenters. The van der Waals surface area contributed by atoms with Gasteiger partial charge in [-0.1, -0.05) is 0 Å². The molecule has 0 bridgehead atoms. The van der Waals surface area contributed by atoms with Crippen molar-refractivity contribution in [3.63, 3.8) is 0 Å². The Kier molecular flexibility index (Phi) is 4.46. The molecular weight excluding hydrogens is 398 g/mol. The number of nitrogens with zero attached hydrogens (tertiary/aromatic N) is 5. The summed E-state index contributed by atoms with van der Waals surface area (Å²) in [5.74, 6) is -0.188. The minimum atomic E-state index is -0.619. The second-order valence-electron chi connectivity index (χ2n) is 7.41. The number of anilines is 1. The van der Waals surface area contributed by atoms with Gasteiger partial charge in [0.25, 0.3) is 11.5 Å². The maximum absolute atomic E-state index is 13.2. The van der Waals surface area contributed by atoms with E-state index in [1.165, 1.54) is 10.9 Å². The quantitative estimate of drug-likeness (QED) is 0.510. The number of carbonyl (C=O) groups is 1. The number of rotatable bonds is 5. The smallest absolute Gasteiger partial charge is 0.322 e. The van der Waals surface area contributed by atoms with E-state index in [0.717, 1.165) is 24.2 Å². The highest BCUT2D eigenvalue weighted by molar-refractivity contribution is 6.11. The number of fused-ring (bicyclic) bond motifs is 1. The summed E-state index contributed by atoms with van der Waals surface area (Å²) in [6.45, 7) is 2.12. The van der Waals surface area contributed by atoms with Crippen molar-refractivity contribution >= 4 is 22.6 Å². The van der Waals surface area contributed by atoms with Crippen LogP contribution >= 0.6 is 0 Å². The highest BCUT2D eigenvalue weighted by Crippen LogP contribution is 2.40. The lowest BCUT2D eigenvalue weighted by atomic mass is 10.1. The highest BCUT2D eigenvalue weighted by atomic mass is 16.2. The van der Waals surface area contributed by atoms with Crippen LogP contribution in [0.1, 0.15) is 41.7 Å². The van der Waals surface area contributed by atoms with Crippen LogP contribution in [0.4, 0.5) is 5.69 Å². The summed E-state index contributed by atoms with van der Waals surface area (Å²) in [5.41, 5.74) is 1.38. The van der Waals surface area contributed by atoms with Crippen molar-refractivity contribution in [1.29, 1.82) is 0 Å². The van der Waals surface area contributed by atoms with E-state index >= 15 is 0 Å². The molecule has 10 nitrogen and oxygen atoms in total. The molecule has 1 aromatic carbocycles. The molecule has 3 aromatic heterocycles. The Morgan fingerprint density at radius 1 is 1.23 bits per heavy atom. The fourth-order valence-electron chi connectivity index (χ4n) is 3.59. The van der Waals surface area contributed by atoms with Crippen LogP contribution in [0.3, 0.4) is 0 Å². The Bertz CT molecular complexity index is 1400. The molecule has 0 saturated heterocycles. The molecule has 5 rings (SSSR count). The lowest BCUT2D eigenvalue weighted by Gasteiger charge is -2.13. The summed E-state index contributed by atoms with van der Waals surface area (Å²) < 4.78 is 2.99. The number of hydrogen-bond donors (Lipinski definition) is 2. The van der Waals surface area contributed by atoms with Crippen molar-refractivity contribution < 1.29 is 4.79 Å². The summed E-state index contributed by atoms with van der Waals surface area (Å²) >= 11 is 0. The number of aromatic amines is 1. The van der Waals surface area contributed by atoms with Crippen molar-refractivity contribution in [3.8, 4) is 5.69 Å². The third kappa shape index (κ3) is 3.41. The van der Waals surface area contributed by atoms with E-state index < -0.39 is 17.2 Å². The van der Waals surface area contributed by atoms with Gasteiger partial charge in [-0.25, -0.2) is 19.4 Å². The molecule has 2 N–H and O–H groups in total. The predicted molar refractivity (Wildman–Crippen MR) is 114 cm³/mol. The van der Waals surface area contributed by atoms with E-state index in [0.29, 0.717) is 12.2 Å². The van der Waals surface area contributed by atoms with Crippen molar-refractivity contribution in [2.24, 2.45) is 0 Å². The zero-order valence-corrected chi connectivity index (χ0v) is 16.7. The number of aromatic nitrogens is 6. The maximum atomic E-state index is 13.2. The van der Waals surface area contributed by atoms with Crippen LogP contribution in [-0.2, 0) is 6.54 Å². The van der Waals surface area contributed by atoms with Crippen LogP contribution < -0.4 is 16.6 Å². The van der Waals surface area contributed by atoms with Gasteiger partial charge >= 0.3 is 5.69 Å². The largest absolute Gasteiger partial charge is 0.329 e. The molecule has 0 spiro atoms. The number of amides is 1. The van der Waals surface area contributed by atoms with E-state index in [2.05, 4.69) is 25.4 Å². The van der Waals surface area contributed by atoms with E-state index in [1.807, 2.05) is 0 Å². The van der Waals surface area contributed by atoms with Gasteiger partial charge in [0.1, 0.15) is 12.7 Å². The molecule has 1 aliphatic rings. The van der Waals surface area contributed by atoms with Crippen molar-refractivity contribution in [2.75, 3.05) is 5.32 Å². The average Bonchev–Trinajstić information content (AvgIpc) is 3.48. The second-order valence-corrected chi connectivity index (χ2v) is 7.41. The number of benzene rings is 1. The first-order chi connectivity index (χ1) is 15.0. The summed E-state index contributed by atoms with van der Waals surface area (Å²) in [6, 6.07) is 8.75. The monoisotopic (exact) mass is 417 g/mol. The summed E-state index contributed by atoms with van der Waals surface area (Å²) in [4.78, 5) is 48.8. The fraction of sp³-hybridized carbons (Fsp3) is 0.238. The molecule has 31 heavy (non-hydrogen) atoms. The molecule has 1 amide bonds. The molecule has 0 aliphatic heterocycles. The minimum Gasteiger partial charge on any atom is -0.322 e. The lowest BCUT2D eigenvalue weighted by molar-refractivity contribution is 0.102. The van der Waals surface area contributed by atoms with Gasteiger partial charge in [0.05, 0.1) is 16.6 Å². The number of hydrogen-bond acceptors (Lipinski definition) is 6. The van der Waals surface area contributed by atoms with E-state index in [4.69, 9.17) is 0 Å². The van der Waals surface area contributed by atoms with Crippen LogP contribution in [0.15, 0.2) is 52.6 Å². The summed E-state index contributed by atoms with van der Waals surface area (Å²) in [6.07, 6.45) is 4.97. The first kappa shape index (κ1) is 18.9. The molecule has 0 radical (unpaired) electrons. The Hall–Kier alpha value is -4.08. The lowest BCUT2D eigenvalue weighted by Crippen LogP contribution is -2.32.